The molecule has 0 radical (unpaired) electrons. The molecule has 10 aromatic rings. The summed E-state index contributed by atoms with van der Waals surface area (Å²) in [5.41, 5.74) is 25.8. The van der Waals surface area contributed by atoms with Gasteiger partial charge >= 0.3 is 0 Å². The molecule has 0 atom stereocenters. The molecule has 4 heterocycles. The van der Waals surface area contributed by atoms with Gasteiger partial charge in [-0.15, -0.1) is 0 Å². The van der Waals surface area contributed by atoms with Crippen molar-refractivity contribution < 1.29 is 9.47 Å². The van der Waals surface area contributed by atoms with E-state index in [1.165, 1.54) is 132 Å². The Morgan fingerprint density at radius 2 is 0.868 bits per heavy atom. The molecule has 4 aliphatic rings. The van der Waals surface area contributed by atoms with Crippen LogP contribution in [0, 0.1) is 13.8 Å². The highest BCUT2D eigenvalue weighted by molar-refractivity contribution is 7.02. The fraction of sp³-hybridized carbons (Fsp3) is 0.161. The van der Waals surface area contributed by atoms with Crippen LogP contribution in [0.25, 0.3) is 54.6 Å². The average Bonchev–Trinajstić information content (AvgIpc) is 3.35. The lowest BCUT2D eigenvalue weighted by Gasteiger charge is -2.42. The molecule has 0 unspecified atom stereocenters. The highest BCUT2D eigenvalue weighted by Gasteiger charge is 2.46. The molecule has 0 saturated heterocycles. The molecule has 68 heavy (non-hydrogen) atoms. The molecule has 0 fully saturated rings. The first-order chi connectivity index (χ1) is 33.1. The van der Waals surface area contributed by atoms with Gasteiger partial charge in [0.25, 0.3) is 0 Å². The van der Waals surface area contributed by atoms with Gasteiger partial charge in [0.05, 0.1) is 14.2 Å². The van der Waals surface area contributed by atoms with Gasteiger partial charge in [-0.05, 0) is 185 Å². The van der Waals surface area contributed by atoms with Gasteiger partial charge in [0, 0.05) is 46.3 Å². The molecule has 4 nitrogen and oxygen atoms in total. The van der Waals surface area contributed by atoms with E-state index in [2.05, 4.69) is 197 Å². The molecule has 0 saturated carbocycles. The first-order valence-corrected chi connectivity index (χ1v) is 24.4. The minimum atomic E-state index is 0.0162. The first-order valence-electron chi connectivity index (χ1n) is 24.4. The topological polar surface area (TPSA) is 24.9 Å². The van der Waals surface area contributed by atoms with Crippen molar-refractivity contribution in [2.75, 3.05) is 24.0 Å². The van der Waals surface area contributed by atoms with Crippen molar-refractivity contribution in [1.82, 2.24) is 0 Å². The van der Waals surface area contributed by atoms with E-state index in [4.69, 9.17) is 9.47 Å². The van der Waals surface area contributed by atoms with Crippen LogP contribution in [0.5, 0.6) is 11.5 Å². The fourth-order valence-corrected chi connectivity index (χ4v) is 13.2. The second-order valence-corrected chi connectivity index (χ2v) is 20.4. The third kappa shape index (κ3) is 5.13. The Hall–Kier alpha value is -7.43. The molecule has 0 spiro atoms. The zero-order chi connectivity index (χ0) is 46.0. The predicted octanol–water partition coefficient (Wildman–Crippen LogP) is 12.0. The van der Waals surface area contributed by atoms with Gasteiger partial charge in [0.15, 0.2) is 0 Å². The Labute approximate surface area is 399 Å². The lowest BCUT2D eigenvalue weighted by atomic mass is 9.31. The second kappa shape index (κ2) is 14.1. The van der Waals surface area contributed by atoms with Gasteiger partial charge in [-0.3, -0.25) is 0 Å². The monoisotopic (exact) mass is 876 g/mol. The van der Waals surface area contributed by atoms with Crippen LogP contribution >= 0.6 is 0 Å². The number of rotatable bonds is 6. The summed E-state index contributed by atoms with van der Waals surface area (Å²) in [6.07, 6.45) is 0. The molecule has 0 aromatic heterocycles. The predicted molar refractivity (Wildman–Crippen MR) is 290 cm³/mol. The van der Waals surface area contributed by atoms with Gasteiger partial charge in [-0.1, -0.05) is 111 Å². The van der Waals surface area contributed by atoms with Crippen LogP contribution in [0.3, 0.4) is 0 Å². The highest BCUT2D eigenvalue weighted by Crippen LogP contribution is 2.52. The van der Waals surface area contributed by atoms with Crippen molar-refractivity contribution >= 4 is 113 Å². The summed E-state index contributed by atoms with van der Waals surface area (Å²) in [6.45, 7) is 14.1. The third-order valence-corrected chi connectivity index (χ3v) is 16.0. The Bertz CT molecular complexity index is 3820. The number of benzene rings is 10. The first kappa shape index (κ1) is 39.7. The van der Waals surface area contributed by atoms with Crippen molar-refractivity contribution in [3.63, 3.8) is 0 Å². The van der Waals surface area contributed by atoms with Crippen molar-refractivity contribution in [2.45, 2.75) is 53.4 Å². The normalized spacial score (nSPS) is 13.7. The lowest BCUT2D eigenvalue weighted by molar-refractivity contribution is 0.415. The number of aryl methyl sites for hydroxylation is 2. The zero-order valence-corrected chi connectivity index (χ0v) is 39.9. The van der Waals surface area contributed by atoms with Crippen LogP contribution in [0.4, 0.5) is 34.1 Å². The van der Waals surface area contributed by atoms with Crippen LogP contribution in [-0.4, -0.2) is 27.6 Å². The quantitative estimate of drug-likeness (QED) is 0.123. The molecule has 326 valence electrons. The van der Waals surface area contributed by atoms with E-state index >= 15 is 0 Å². The summed E-state index contributed by atoms with van der Waals surface area (Å²) in [5.74, 6) is 2.28. The maximum atomic E-state index is 6.27. The number of ether oxygens (including phenoxy) is 2. The molecule has 0 bridgehead atoms. The number of anilines is 6. The Morgan fingerprint density at radius 3 is 1.40 bits per heavy atom. The standard InChI is InChI=1S/C62H50B2N2O2/c1-33(2)41-29-43-47-23-36(6)25-55-61(47)64(50-22-20-39(67-7)27-54(50)66(55)38-17-13-10-14-18-38)51-31-46-42(34(3)4)30-44-48-26-40(68-8)28-56-62(48)63(52-32-45(41)59(57(43)51)60(46)58(44)52)49-21-19-35(5)24-53(49)65(56)37-15-11-9-12-16-37/h9-34H,1-8H3. The number of hydrogen-bond acceptors (Lipinski definition) is 4. The highest BCUT2D eigenvalue weighted by atomic mass is 16.5. The summed E-state index contributed by atoms with van der Waals surface area (Å²) in [7, 11) is 3.59. The maximum Gasteiger partial charge on any atom is 0.248 e. The van der Waals surface area contributed by atoms with E-state index in [0.717, 1.165) is 22.9 Å². The summed E-state index contributed by atoms with van der Waals surface area (Å²) in [4.78, 5) is 4.97. The van der Waals surface area contributed by atoms with E-state index in [0.29, 0.717) is 0 Å². The Kier molecular flexibility index (Phi) is 8.21. The smallest absolute Gasteiger partial charge is 0.248 e. The van der Waals surface area contributed by atoms with Crippen molar-refractivity contribution in [2.24, 2.45) is 0 Å². The second-order valence-electron chi connectivity index (χ2n) is 20.4. The minimum Gasteiger partial charge on any atom is -0.497 e. The number of hydrogen-bond donors (Lipinski definition) is 0. The lowest BCUT2D eigenvalue weighted by Crippen LogP contribution is -2.60. The SMILES string of the molecule is COc1ccc2c(c1)N(c1ccccc1)c1cc(C)cc3c1B2c1cc2c(C(C)C)cc4c5c(cc6c(C(C)C)cc-3c1c6c25)B1c2ccc(C)cc2N(c2ccccc2)c2cc(OC)cc-4c21. The number of para-hydroxylation sites is 2. The van der Waals surface area contributed by atoms with Crippen LogP contribution in [0.15, 0.2) is 146 Å². The zero-order valence-electron chi connectivity index (χ0n) is 39.9. The third-order valence-electron chi connectivity index (χ3n) is 16.0. The van der Waals surface area contributed by atoms with E-state index in [1.54, 1.807) is 7.11 Å². The molecule has 4 aliphatic heterocycles. The number of nitrogens with zero attached hydrogens (tertiary/aromatic N) is 2. The number of fused-ring (bicyclic) bond motifs is 8. The van der Waals surface area contributed by atoms with E-state index < -0.39 is 0 Å². The van der Waals surface area contributed by atoms with Crippen LogP contribution < -0.4 is 52.1 Å². The summed E-state index contributed by atoms with van der Waals surface area (Å²) >= 11 is 0. The molecule has 0 N–H and O–H groups in total. The average molecular weight is 877 g/mol. The van der Waals surface area contributed by atoms with E-state index in [1.807, 2.05) is 7.11 Å². The molecule has 0 aliphatic carbocycles. The minimum absolute atomic E-state index is 0.0162. The van der Waals surface area contributed by atoms with Crippen molar-refractivity contribution in [3.8, 4) is 33.8 Å². The van der Waals surface area contributed by atoms with Gasteiger partial charge in [0.1, 0.15) is 11.5 Å². The van der Waals surface area contributed by atoms with Crippen molar-refractivity contribution in [1.29, 1.82) is 0 Å². The maximum absolute atomic E-state index is 6.27. The van der Waals surface area contributed by atoms with Gasteiger partial charge in [-0.2, -0.15) is 0 Å². The van der Waals surface area contributed by atoms with Gasteiger partial charge in [-0.25, -0.2) is 0 Å². The Morgan fingerprint density at radius 1 is 0.397 bits per heavy atom. The molecule has 10 aromatic carbocycles. The summed E-state index contributed by atoms with van der Waals surface area (Å²) in [6, 6.07) is 55.6. The van der Waals surface area contributed by atoms with Crippen molar-refractivity contribution in [3.05, 3.63) is 168 Å². The van der Waals surface area contributed by atoms with Gasteiger partial charge < -0.3 is 19.3 Å². The molecular weight excluding hydrogens is 826 g/mol. The summed E-state index contributed by atoms with van der Waals surface area (Å²) < 4.78 is 12.3. The number of methoxy groups -OCH3 is 2. The molecule has 0 amide bonds. The van der Waals surface area contributed by atoms with Crippen LogP contribution in [-0.2, 0) is 0 Å². The molecule has 6 heteroatoms. The summed E-state index contributed by atoms with van der Waals surface area (Å²) in [5, 5.41) is 8.34. The van der Waals surface area contributed by atoms with Gasteiger partial charge in [0.2, 0.25) is 13.4 Å². The van der Waals surface area contributed by atoms with E-state index in [9.17, 15) is 0 Å². The Balaban J connectivity index is 1.17. The molecular formula is C62H50B2N2O2. The van der Waals surface area contributed by atoms with Crippen LogP contribution in [0.1, 0.15) is 61.8 Å². The van der Waals surface area contributed by atoms with E-state index in [-0.39, 0.29) is 25.3 Å². The van der Waals surface area contributed by atoms with Crippen LogP contribution in [0.2, 0.25) is 0 Å². The largest absolute Gasteiger partial charge is 0.497 e. The fourth-order valence-electron chi connectivity index (χ4n) is 13.2. The molecule has 14 rings (SSSR count).